The minimum atomic E-state index is 0.467. The highest BCUT2D eigenvalue weighted by atomic mass is 16.5. The third-order valence-corrected chi connectivity index (χ3v) is 6.13. The normalized spacial score (nSPS) is 30.9. The number of nitrogens with one attached hydrogen (secondary N) is 2. The molecule has 1 spiro atoms. The predicted molar refractivity (Wildman–Crippen MR) is 97.0 cm³/mol. The Bertz CT molecular complexity index is 627. The number of hydrogen-bond acceptors (Lipinski definition) is 7. The van der Waals surface area contributed by atoms with Crippen LogP contribution in [0.25, 0.3) is 0 Å². The van der Waals surface area contributed by atoms with E-state index in [0.29, 0.717) is 17.5 Å². The van der Waals surface area contributed by atoms with Crippen LogP contribution in [0, 0.1) is 17.7 Å². The summed E-state index contributed by atoms with van der Waals surface area (Å²) in [5.74, 6) is 0.717. The Kier molecular flexibility index (Phi) is 4.50. The molecule has 1 saturated carbocycles. The number of likely N-dealkylation sites (tertiary alicyclic amines) is 1. The van der Waals surface area contributed by atoms with Gasteiger partial charge in [0, 0.05) is 44.5 Å². The molecule has 0 unspecified atom stereocenters. The molecule has 1 aromatic heterocycles. The van der Waals surface area contributed by atoms with Gasteiger partial charge in [0.05, 0.1) is 0 Å². The van der Waals surface area contributed by atoms with Crippen molar-refractivity contribution in [2.45, 2.75) is 51.1 Å². The molecule has 0 bridgehead atoms. The molecule has 3 fully saturated rings. The molecule has 0 amide bonds. The van der Waals surface area contributed by atoms with E-state index in [4.69, 9.17) is 9.93 Å². The van der Waals surface area contributed by atoms with Crippen molar-refractivity contribution in [3.8, 4) is 0 Å². The van der Waals surface area contributed by atoms with Crippen LogP contribution in [0.3, 0.4) is 0 Å². The molecule has 0 atom stereocenters. The molecule has 2 N–H and O–H groups in total. The lowest BCUT2D eigenvalue weighted by molar-refractivity contribution is 0.00169. The van der Waals surface area contributed by atoms with Crippen molar-refractivity contribution in [1.82, 2.24) is 20.4 Å². The quantitative estimate of drug-likeness (QED) is 0.795. The minimum absolute atomic E-state index is 0.467. The zero-order chi connectivity index (χ0) is 17.3. The third kappa shape index (κ3) is 3.42. The highest BCUT2D eigenvalue weighted by molar-refractivity contribution is 5.67. The van der Waals surface area contributed by atoms with Crippen molar-refractivity contribution in [1.29, 1.82) is 5.41 Å². The first kappa shape index (κ1) is 16.6. The molecule has 3 aliphatic rings. The maximum Gasteiger partial charge on any atom is 0.324 e. The van der Waals surface area contributed by atoms with Crippen LogP contribution in [-0.4, -0.2) is 59.5 Å². The van der Waals surface area contributed by atoms with E-state index in [1.807, 2.05) is 13.1 Å². The molecule has 2 saturated heterocycles. The maximum absolute atomic E-state index is 7.01. The predicted octanol–water partition coefficient (Wildman–Crippen LogP) is 1.95. The van der Waals surface area contributed by atoms with Gasteiger partial charge in [-0.15, -0.1) is 0 Å². The number of allylic oxidation sites excluding steroid dienone is 1. The largest absolute Gasteiger partial charge is 0.388 e. The van der Waals surface area contributed by atoms with Crippen molar-refractivity contribution < 1.29 is 4.52 Å². The SMILES string of the molecule is Cc1noc(N2CCC3(CC(N4CCC(N/C=C\C=N)CC4)C3)C2)n1. The molecule has 0 aromatic carbocycles. The minimum Gasteiger partial charge on any atom is -0.388 e. The average Bonchev–Trinajstić information content (AvgIpc) is 3.21. The van der Waals surface area contributed by atoms with Crippen LogP contribution < -0.4 is 10.2 Å². The number of aryl methyl sites for hydroxylation is 1. The van der Waals surface area contributed by atoms with Crippen LogP contribution in [0.5, 0.6) is 0 Å². The second kappa shape index (κ2) is 6.78. The molecule has 2 aliphatic heterocycles. The summed E-state index contributed by atoms with van der Waals surface area (Å²) in [6, 6.07) is 2.01. The second-order valence-electron chi connectivity index (χ2n) is 7.86. The topological polar surface area (TPSA) is 81.3 Å². The zero-order valence-corrected chi connectivity index (χ0v) is 14.9. The number of anilines is 1. The summed E-state index contributed by atoms with van der Waals surface area (Å²) in [5, 5.41) is 14.3. The fourth-order valence-electron chi connectivity index (χ4n) is 4.72. The Labute approximate surface area is 149 Å². The van der Waals surface area contributed by atoms with Gasteiger partial charge in [-0.2, -0.15) is 4.98 Å². The van der Waals surface area contributed by atoms with Crippen LogP contribution in [0.15, 0.2) is 16.8 Å². The number of aromatic nitrogens is 2. The highest BCUT2D eigenvalue weighted by Crippen LogP contribution is 2.51. The standard InChI is InChI=1S/C18H28N6O/c1-14-21-17(25-22-14)24-10-5-18(13-24)11-16(12-18)23-8-3-15(4-9-23)20-7-2-6-19/h2,6-7,15-16,19-20H,3-5,8-13H2,1H3/b7-2-,19-6?. The van der Waals surface area contributed by atoms with E-state index in [1.165, 1.54) is 51.4 Å². The van der Waals surface area contributed by atoms with Crippen LogP contribution in [0.4, 0.5) is 6.01 Å². The Morgan fingerprint density at radius 1 is 1.28 bits per heavy atom. The summed E-state index contributed by atoms with van der Waals surface area (Å²) in [5.41, 5.74) is 0.467. The molecule has 7 nitrogen and oxygen atoms in total. The second-order valence-corrected chi connectivity index (χ2v) is 7.86. The van der Waals surface area contributed by atoms with Crippen LogP contribution in [0.1, 0.15) is 37.9 Å². The first-order valence-electron chi connectivity index (χ1n) is 9.38. The van der Waals surface area contributed by atoms with Gasteiger partial charge in [0.1, 0.15) is 0 Å². The van der Waals surface area contributed by atoms with E-state index in [-0.39, 0.29) is 0 Å². The summed E-state index contributed by atoms with van der Waals surface area (Å²) in [7, 11) is 0. The van der Waals surface area contributed by atoms with Gasteiger partial charge >= 0.3 is 6.01 Å². The molecule has 1 aromatic rings. The molecule has 1 aliphatic carbocycles. The van der Waals surface area contributed by atoms with Crippen molar-refractivity contribution >= 4 is 12.2 Å². The van der Waals surface area contributed by atoms with E-state index < -0.39 is 0 Å². The summed E-state index contributed by atoms with van der Waals surface area (Å²) >= 11 is 0. The number of hydrogen-bond donors (Lipinski definition) is 2. The number of rotatable bonds is 5. The monoisotopic (exact) mass is 344 g/mol. The Morgan fingerprint density at radius 3 is 2.76 bits per heavy atom. The van der Waals surface area contributed by atoms with E-state index >= 15 is 0 Å². The van der Waals surface area contributed by atoms with E-state index in [1.54, 1.807) is 6.08 Å². The average molecular weight is 344 g/mol. The van der Waals surface area contributed by atoms with Gasteiger partial charge in [-0.25, -0.2) is 0 Å². The lowest BCUT2D eigenvalue weighted by atomic mass is 9.64. The van der Waals surface area contributed by atoms with E-state index in [2.05, 4.69) is 25.3 Å². The van der Waals surface area contributed by atoms with Gasteiger partial charge in [0.2, 0.25) is 0 Å². The highest BCUT2D eigenvalue weighted by Gasteiger charge is 2.51. The lowest BCUT2D eigenvalue weighted by Crippen LogP contribution is -2.55. The first-order valence-corrected chi connectivity index (χ1v) is 9.38. The van der Waals surface area contributed by atoms with Crippen molar-refractivity contribution in [2.75, 3.05) is 31.1 Å². The molecule has 0 radical (unpaired) electrons. The Morgan fingerprint density at radius 2 is 2.08 bits per heavy atom. The molecular weight excluding hydrogens is 316 g/mol. The van der Waals surface area contributed by atoms with E-state index in [0.717, 1.165) is 25.0 Å². The molecule has 136 valence electrons. The Hall–Kier alpha value is -1.89. The summed E-state index contributed by atoms with van der Waals surface area (Å²) in [4.78, 5) is 9.33. The Balaban J connectivity index is 1.23. The number of nitrogens with zero attached hydrogens (tertiary/aromatic N) is 4. The van der Waals surface area contributed by atoms with Crippen LogP contribution in [-0.2, 0) is 0 Å². The van der Waals surface area contributed by atoms with Crippen LogP contribution >= 0.6 is 0 Å². The van der Waals surface area contributed by atoms with E-state index in [9.17, 15) is 0 Å². The fraction of sp³-hybridized carbons (Fsp3) is 0.722. The van der Waals surface area contributed by atoms with Crippen molar-refractivity contribution in [3.05, 3.63) is 18.1 Å². The van der Waals surface area contributed by atoms with Gasteiger partial charge in [-0.3, -0.25) is 0 Å². The van der Waals surface area contributed by atoms with Crippen molar-refractivity contribution in [3.63, 3.8) is 0 Å². The van der Waals surface area contributed by atoms with Gasteiger partial charge in [0.15, 0.2) is 5.82 Å². The zero-order valence-electron chi connectivity index (χ0n) is 14.9. The summed E-state index contributed by atoms with van der Waals surface area (Å²) in [6.45, 7) is 6.35. The summed E-state index contributed by atoms with van der Waals surface area (Å²) in [6.07, 6.45) is 11.2. The first-order chi connectivity index (χ1) is 12.2. The molecule has 4 rings (SSSR count). The molecule has 3 heterocycles. The molecular formula is C18H28N6O. The smallest absolute Gasteiger partial charge is 0.324 e. The lowest BCUT2D eigenvalue weighted by Gasteiger charge is -2.51. The summed E-state index contributed by atoms with van der Waals surface area (Å²) < 4.78 is 5.33. The molecule has 7 heteroatoms. The fourth-order valence-corrected chi connectivity index (χ4v) is 4.72. The van der Waals surface area contributed by atoms with Crippen LogP contribution in [0.2, 0.25) is 0 Å². The van der Waals surface area contributed by atoms with Gasteiger partial charge < -0.3 is 25.0 Å². The third-order valence-electron chi connectivity index (χ3n) is 6.13. The van der Waals surface area contributed by atoms with Gasteiger partial charge in [0.25, 0.3) is 0 Å². The van der Waals surface area contributed by atoms with Gasteiger partial charge in [-0.05, 0) is 56.7 Å². The van der Waals surface area contributed by atoms with Crippen molar-refractivity contribution in [2.24, 2.45) is 5.41 Å². The van der Waals surface area contributed by atoms with Gasteiger partial charge in [-0.1, -0.05) is 5.16 Å². The maximum atomic E-state index is 7.01. The number of piperidine rings is 1. The molecule has 25 heavy (non-hydrogen) atoms.